The number of rotatable bonds is 5. The van der Waals surface area contributed by atoms with Gasteiger partial charge in [-0.1, -0.05) is 59.1 Å². The molecule has 0 spiro atoms. The molecule has 0 heterocycles. The van der Waals surface area contributed by atoms with Gasteiger partial charge in [0, 0.05) is 26.8 Å². The molecule has 0 aliphatic heterocycles. The molecular weight excluding hydrogens is 403 g/mol. The van der Waals surface area contributed by atoms with Crippen molar-refractivity contribution in [2.45, 2.75) is 6.17 Å². The van der Waals surface area contributed by atoms with Crippen molar-refractivity contribution in [2.24, 2.45) is 4.99 Å². The molecular formula is C21H15Cl3N2O. The zero-order chi connectivity index (χ0) is 19.2. The van der Waals surface area contributed by atoms with E-state index in [1.165, 1.54) is 0 Å². The lowest BCUT2D eigenvalue weighted by molar-refractivity contribution is 0.0938. The Kier molecular flexibility index (Phi) is 6.51. The lowest BCUT2D eigenvalue weighted by atomic mass is 10.1. The van der Waals surface area contributed by atoms with Crippen molar-refractivity contribution < 1.29 is 4.79 Å². The van der Waals surface area contributed by atoms with Gasteiger partial charge in [0.1, 0.15) is 6.17 Å². The molecule has 1 amide bonds. The van der Waals surface area contributed by atoms with Gasteiger partial charge in [0.05, 0.1) is 0 Å². The Morgan fingerprint density at radius 2 is 1.26 bits per heavy atom. The van der Waals surface area contributed by atoms with Gasteiger partial charge < -0.3 is 5.32 Å². The zero-order valence-corrected chi connectivity index (χ0v) is 16.3. The first-order chi connectivity index (χ1) is 13.0. The highest BCUT2D eigenvalue weighted by molar-refractivity contribution is 6.31. The maximum absolute atomic E-state index is 12.6. The Labute approximate surface area is 172 Å². The summed E-state index contributed by atoms with van der Waals surface area (Å²) in [5.74, 6) is -0.250. The van der Waals surface area contributed by atoms with E-state index >= 15 is 0 Å². The summed E-state index contributed by atoms with van der Waals surface area (Å²) in [5, 5.41) is 4.76. The molecule has 0 radical (unpaired) electrons. The van der Waals surface area contributed by atoms with E-state index in [0.29, 0.717) is 20.6 Å². The number of carbonyl (C=O) groups is 1. The van der Waals surface area contributed by atoms with Crippen molar-refractivity contribution >= 4 is 46.9 Å². The SMILES string of the molecule is O=C(NC(N=Cc1ccc(Cl)cc1)c1ccc(Cl)cc1)c1ccc(Cl)cc1. The third kappa shape index (κ3) is 5.57. The van der Waals surface area contributed by atoms with Crippen molar-refractivity contribution in [3.63, 3.8) is 0 Å². The van der Waals surface area contributed by atoms with Gasteiger partial charge in [-0.3, -0.25) is 9.79 Å². The van der Waals surface area contributed by atoms with E-state index in [4.69, 9.17) is 34.8 Å². The Bertz CT molecular complexity index is 937. The molecule has 1 N–H and O–H groups in total. The fourth-order valence-corrected chi connectivity index (χ4v) is 2.75. The van der Waals surface area contributed by atoms with Crippen LogP contribution >= 0.6 is 34.8 Å². The minimum absolute atomic E-state index is 0.250. The number of halogens is 3. The fraction of sp³-hybridized carbons (Fsp3) is 0.0476. The molecule has 3 aromatic rings. The average Bonchev–Trinajstić information content (AvgIpc) is 2.67. The van der Waals surface area contributed by atoms with Crippen molar-refractivity contribution in [3.8, 4) is 0 Å². The van der Waals surface area contributed by atoms with Crippen LogP contribution in [0.15, 0.2) is 77.8 Å². The zero-order valence-electron chi connectivity index (χ0n) is 14.1. The molecule has 27 heavy (non-hydrogen) atoms. The van der Waals surface area contributed by atoms with Gasteiger partial charge in [-0.2, -0.15) is 0 Å². The molecule has 3 aromatic carbocycles. The molecule has 1 atom stereocenters. The smallest absolute Gasteiger partial charge is 0.253 e. The summed E-state index contributed by atoms with van der Waals surface area (Å²) in [6.07, 6.45) is 1.12. The third-order valence-electron chi connectivity index (χ3n) is 3.80. The minimum Gasteiger partial charge on any atom is -0.326 e. The average molecular weight is 418 g/mol. The van der Waals surface area contributed by atoms with Gasteiger partial charge in [0.25, 0.3) is 5.91 Å². The van der Waals surface area contributed by atoms with Crippen molar-refractivity contribution in [1.82, 2.24) is 5.32 Å². The summed E-state index contributed by atoms with van der Waals surface area (Å²) in [4.78, 5) is 17.1. The minimum atomic E-state index is -0.568. The van der Waals surface area contributed by atoms with E-state index in [1.54, 1.807) is 54.7 Å². The molecule has 0 saturated heterocycles. The summed E-state index contributed by atoms with van der Waals surface area (Å²) >= 11 is 17.8. The van der Waals surface area contributed by atoms with E-state index in [9.17, 15) is 4.79 Å². The Morgan fingerprint density at radius 1 is 0.778 bits per heavy atom. The van der Waals surface area contributed by atoms with Gasteiger partial charge in [0.15, 0.2) is 0 Å². The van der Waals surface area contributed by atoms with Crippen LogP contribution in [0.4, 0.5) is 0 Å². The van der Waals surface area contributed by atoms with E-state index in [1.807, 2.05) is 24.3 Å². The second-order valence-electron chi connectivity index (χ2n) is 5.76. The summed E-state index contributed by atoms with van der Waals surface area (Å²) in [7, 11) is 0. The normalized spacial score (nSPS) is 12.1. The Balaban J connectivity index is 1.84. The number of benzene rings is 3. The van der Waals surface area contributed by atoms with Crippen LogP contribution in [0, 0.1) is 0 Å². The lowest BCUT2D eigenvalue weighted by Crippen LogP contribution is -2.27. The number of carbonyl (C=O) groups excluding carboxylic acids is 1. The number of hydrogen-bond donors (Lipinski definition) is 1. The van der Waals surface area contributed by atoms with Crippen molar-refractivity contribution in [1.29, 1.82) is 0 Å². The highest BCUT2D eigenvalue weighted by atomic mass is 35.5. The maximum Gasteiger partial charge on any atom is 0.253 e. The topological polar surface area (TPSA) is 41.5 Å². The summed E-state index contributed by atoms with van der Waals surface area (Å²) in [6, 6.07) is 21.1. The summed E-state index contributed by atoms with van der Waals surface area (Å²) < 4.78 is 0. The van der Waals surface area contributed by atoms with Crippen LogP contribution in [-0.2, 0) is 0 Å². The largest absolute Gasteiger partial charge is 0.326 e. The summed E-state index contributed by atoms with van der Waals surface area (Å²) in [5.41, 5.74) is 2.19. The first-order valence-corrected chi connectivity index (χ1v) is 9.25. The predicted octanol–water partition coefficient (Wildman–Crippen LogP) is 6.19. The van der Waals surface area contributed by atoms with Gasteiger partial charge in [-0.15, -0.1) is 0 Å². The molecule has 0 bridgehead atoms. The maximum atomic E-state index is 12.6. The first-order valence-electron chi connectivity index (χ1n) is 8.12. The lowest BCUT2D eigenvalue weighted by Gasteiger charge is -2.15. The van der Waals surface area contributed by atoms with E-state index < -0.39 is 6.17 Å². The van der Waals surface area contributed by atoms with Gasteiger partial charge >= 0.3 is 0 Å². The number of nitrogens with one attached hydrogen (secondary N) is 1. The van der Waals surface area contributed by atoms with Gasteiger partial charge in [-0.25, -0.2) is 0 Å². The quantitative estimate of drug-likeness (QED) is 0.494. The molecule has 136 valence electrons. The van der Waals surface area contributed by atoms with E-state index in [-0.39, 0.29) is 5.91 Å². The van der Waals surface area contributed by atoms with Crippen LogP contribution in [0.1, 0.15) is 27.7 Å². The third-order valence-corrected chi connectivity index (χ3v) is 4.56. The van der Waals surface area contributed by atoms with Crippen LogP contribution in [0.2, 0.25) is 15.1 Å². The molecule has 3 rings (SSSR count). The molecule has 1 unspecified atom stereocenters. The second kappa shape index (κ2) is 9.05. The number of aliphatic imine (C=N–C) groups is 1. The highest BCUT2D eigenvalue weighted by Gasteiger charge is 2.14. The van der Waals surface area contributed by atoms with E-state index in [0.717, 1.165) is 11.1 Å². The van der Waals surface area contributed by atoms with Gasteiger partial charge in [-0.05, 0) is 59.7 Å². The second-order valence-corrected chi connectivity index (χ2v) is 7.07. The van der Waals surface area contributed by atoms with Crippen molar-refractivity contribution in [2.75, 3.05) is 0 Å². The molecule has 0 fully saturated rings. The molecule has 3 nitrogen and oxygen atoms in total. The highest BCUT2D eigenvalue weighted by Crippen LogP contribution is 2.19. The van der Waals surface area contributed by atoms with Crippen LogP contribution in [0.25, 0.3) is 0 Å². The van der Waals surface area contributed by atoms with Crippen molar-refractivity contribution in [3.05, 3.63) is 105 Å². The first kappa shape index (κ1) is 19.4. The van der Waals surface area contributed by atoms with E-state index in [2.05, 4.69) is 10.3 Å². The molecule has 6 heteroatoms. The Hall–Kier alpha value is -2.33. The van der Waals surface area contributed by atoms with Gasteiger partial charge in [0.2, 0.25) is 0 Å². The number of nitrogens with zero attached hydrogens (tertiary/aromatic N) is 1. The Morgan fingerprint density at radius 3 is 1.81 bits per heavy atom. The van der Waals surface area contributed by atoms with Crippen LogP contribution < -0.4 is 5.32 Å². The predicted molar refractivity (Wildman–Crippen MR) is 112 cm³/mol. The number of hydrogen-bond acceptors (Lipinski definition) is 2. The molecule has 0 aliphatic rings. The van der Waals surface area contributed by atoms with Crippen LogP contribution in [0.3, 0.4) is 0 Å². The molecule has 0 aliphatic carbocycles. The van der Waals surface area contributed by atoms with Crippen LogP contribution in [0.5, 0.6) is 0 Å². The monoisotopic (exact) mass is 416 g/mol. The van der Waals surface area contributed by atoms with Crippen LogP contribution in [-0.4, -0.2) is 12.1 Å². The molecule has 0 saturated carbocycles. The fourth-order valence-electron chi connectivity index (χ4n) is 2.37. The number of amides is 1. The summed E-state index contributed by atoms with van der Waals surface area (Å²) in [6.45, 7) is 0. The molecule has 0 aromatic heterocycles. The standard InChI is InChI=1S/C21H15Cl3N2O/c22-17-7-1-14(2-8-17)13-25-20(15-3-9-18(23)10-4-15)26-21(27)16-5-11-19(24)12-6-16/h1-13,20H,(H,26,27).